The average molecular weight is 482 g/mol. The molecule has 1 atom stereocenters. The molecule has 0 bridgehead atoms. The number of rotatable bonds is 7. The molecule has 0 aliphatic rings. The van der Waals surface area contributed by atoms with E-state index < -0.39 is 0 Å². The molecule has 5 nitrogen and oxygen atoms in total. The smallest absolute Gasteiger partial charge is 0.277 e. The van der Waals surface area contributed by atoms with E-state index in [2.05, 4.69) is 48.4 Å². The van der Waals surface area contributed by atoms with Crippen LogP contribution in [0.5, 0.6) is 0 Å². The van der Waals surface area contributed by atoms with Crippen LogP contribution in [0.4, 0.5) is 4.39 Å². The number of carbonyl (C=O) groups is 1. The van der Waals surface area contributed by atoms with E-state index in [1.807, 2.05) is 29.6 Å². The maximum absolute atomic E-state index is 13.3. The third kappa shape index (κ3) is 5.89. The number of thiophene rings is 1. The highest BCUT2D eigenvalue weighted by Gasteiger charge is 2.19. The number of hydrogen-bond donors (Lipinski definition) is 1. The lowest BCUT2D eigenvalue weighted by Gasteiger charge is -2.18. The Kier molecular flexibility index (Phi) is 6.95. The van der Waals surface area contributed by atoms with E-state index >= 15 is 0 Å². The van der Waals surface area contributed by atoms with Crippen molar-refractivity contribution >= 4 is 29.0 Å². The van der Waals surface area contributed by atoms with Gasteiger partial charge in [-0.15, -0.1) is 21.5 Å². The van der Waals surface area contributed by atoms with Crippen molar-refractivity contribution in [3.63, 3.8) is 0 Å². The molecule has 2 heterocycles. The lowest BCUT2D eigenvalue weighted by molar-refractivity contribution is -0.119. The van der Waals surface area contributed by atoms with Crippen LogP contribution < -0.4 is 5.32 Å². The van der Waals surface area contributed by atoms with Gasteiger partial charge in [-0.3, -0.25) is 4.79 Å². The minimum Gasteiger partial charge on any atom is -0.411 e. The monoisotopic (exact) mass is 481 g/mol. The molecule has 0 fully saturated rings. The summed E-state index contributed by atoms with van der Waals surface area (Å²) in [7, 11) is 0. The molecule has 33 heavy (non-hydrogen) atoms. The van der Waals surface area contributed by atoms with Gasteiger partial charge in [-0.05, 0) is 52.3 Å². The first-order valence-corrected chi connectivity index (χ1v) is 12.3. The summed E-state index contributed by atoms with van der Waals surface area (Å²) in [5.41, 5.74) is 2.94. The topological polar surface area (TPSA) is 68.0 Å². The quantitative estimate of drug-likeness (QED) is 0.317. The Balaban J connectivity index is 1.39. The molecule has 0 spiro atoms. The molecule has 0 saturated carbocycles. The van der Waals surface area contributed by atoms with Crippen molar-refractivity contribution in [3.05, 3.63) is 87.9 Å². The summed E-state index contributed by atoms with van der Waals surface area (Å²) in [6.45, 7) is 6.48. The number of hydrogen-bond acceptors (Lipinski definition) is 6. The minimum atomic E-state index is -0.349. The van der Waals surface area contributed by atoms with Crippen LogP contribution in [-0.4, -0.2) is 21.9 Å². The van der Waals surface area contributed by atoms with Gasteiger partial charge >= 0.3 is 0 Å². The van der Waals surface area contributed by atoms with Crippen LogP contribution in [0.15, 0.2) is 75.7 Å². The molecule has 0 radical (unpaired) electrons. The average Bonchev–Trinajstić information content (AvgIpc) is 3.49. The Hall–Kier alpha value is -2.97. The van der Waals surface area contributed by atoms with Gasteiger partial charge in [0.15, 0.2) is 0 Å². The zero-order valence-corrected chi connectivity index (χ0v) is 20.2. The molecular formula is C25H24FN3O2S2. The third-order valence-corrected chi connectivity index (χ3v) is 6.82. The van der Waals surface area contributed by atoms with Crippen molar-refractivity contribution in [1.29, 1.82) is 0 Å². The number of halogens is 1. The van der Waals surface area contributed by atoms with Crippen LogP contribution in [0.1, 0.15) is 42.8 Å². The molecule has 4 rings (SSSR count). The van der Waals surface area contributed by atoms with Crippen LogP contribution in [0.25, 0.3) is 11.5 Å². The number of amides is 1. The first-order valence-electron chi connectivity index (χ1n) is 10.4. The van der Waals surface area contributed by atoms with Crippen molar-refractivity contribution in [2.75, 3.05) is 5.75 Å². The molecule has 0 saturated heterocycles. The fraction of sp³-hybridized carbons (Fsp3) is 0.240. The number of aromatic nitrogens is 2. The van der Waals surface area contributed by atoms with Gasteiger partial charge in [-0.2, -0.15) is 0 Å². The van der Waals surface area contributed by atoms with Crippen LogP contribution in [0.3, 0.4) is 0 Å². The lowest BCUT2D eigenvalue weighted by Crippen LogP contribution is -2.30. The fourth-order valence-corrected chi connectivity index (χ4v) is 4.63. The van der Waals surface area contributed by atoms with Gasteiger partial charge in [0.05, 0.1) is 11.8 Å². The summed E-state index contributed by atoms with van der Waals surface area (Å²) in [5.74, 6) is 0.0390. The van der Waals surface area contributed by atoms with Crippen molar-refractivity contribution in [2.45, 2.75) is 37.5 Å². The number of benzene rings is 2. The largest absolute Gasteiger partial charge is 0.411 e. The zero-order chi connectivity index (χ0) is 23.4. The zero-order valence-electron chi connectivity index (χ0n) is 18.5. The summed E-state index contributed by atoms with van der Waals surface area (Å²) in [4.78, 5) is 13.7. The second-order valence-corrected chi connectivity index (χ2v) is 10.5. The second kappa shape index (κ2) is 9.89. The summed E-state index contributed by atoms with van der Waals surface area (Å²) in [5, 5.41) is 13.5. The van der Waals surface area contributed by atoms with Gasteiger partial charge in [0.25, 0.3) is 5.22 Å². The lowest BCUT2D eigenvalue weighted by atomic mass is 9.87. The van der Waals surface area contributed by atoms with Gasteiger partial charge in [-0.1, -0.05) is 62.9 Å². The minimum absolute atomic E-state index is 0.0661. The van der Waals surface area contributed by atoms with Gasteiger partial charge in [0.1, 0.15) is 5.82 Å². The van der Waals surface area contributed by atoms with E-state index in [4.69, 9.17) is 4.42 Å². The Morgan fingerprint density at radius 3 is 2.45 bits per heavy atom. The van der Waals surface area contributed by atoms with Gasteiger partial charge in [-0.25, -0.2) is 4.39 Å². The maximum Gasteiger partial charge on any atom is 0.277 e. The van der Waals surface area contributed by atoms with Crippen molar-refractivity contribution in [2.24, 2.45) is 0 Å². The van der Waals surface area contributed by atoms with E-state index in [0.29, 0.717) is 11.1 Å². The highest BCUT2D eigenvalue weighted by atomic mass is 32.2. The predicted octanol–water partition coefficient (Wildman–Crippen LogP) is 6.23. The molecule has 1 unspecified atom stereocenters. The van der Waals surface area contributed by atoms with Crippen molar-refractivity contribution in [3.8, 4) is 11.5 Å². The molecule has 170 valence electrons. The van der Waals surface area contributed by atoms with Gasteiger partial charge in [0.2, 0.25) is 11.8 Å². The van der Waals surface area contributed by atoms with Gasteiger partial charge < -0.3 is 9.73 Å². The Labute approximate surface area is 200 Å². The fourth-order valence-electron chi connectivity index (χ4n) is 3.26. The number of thioether (sulfide) groups is 1. The summed E-state index contributed by atoms with van der Waals surface area (Å²) >= 11 is 2.71. The van der Waals surface area contributed by atoms with E-state index in [0.717, 1.165) is 16.0 Å². The van der Waals surface area contributed by atoms with Crippen molar-refractivity contribution < 1.29 is 13.6 Å². The summed E-state index contributed by atoms with van der Waals surface area (Å²) < 4.78 is 19.1. The highest BCUT2D eigenvalue weighted by molar-refractivity contribution is 7.99. The predicted molar refractivity (Wildman–Crippen MR) is 130 cm³/mol. The van der Waals surface area contributed by atoms with E-state index in [9.17, 15) is 9.18 Å². The first-order chi connectivity index (χ1) is 15.8. The van der Waals surface area contributed by atoms with Crippen LogP contribution in [0.2, 0.25) is 0 Å². The third-order valence-electron chi connectivity index (χ3n) is 5.07. The number of carbonyl (C=O) groups excluding carboxylic acids is 1. The molecule has 0 aliphatic carbocycles. The second-order valence-electron chi connectivity index (χ2n) is 8.56. The molecule has 1 N–H and O–H groups in total. The molecule has 0 aliphatic heterocycles. The number of nitrogens with zero attached hydrogens (tertiary/aromatic N) is 2. The molecule has 2 aromatic heterocycles. The molecule has 1 amide bonds. The van der Waals surface area contributed by atoms with Crippen LogP contribution in [0, 0.1) is 5.82 Å². The molecule has 4 aromatic rings. The van der Waals surface area contributed by atoms with Crippen LogP contribution in [-0.2, 0) is 10.2 Å². The first kappa shape index (κ1) is 23.2. The Morgan fingerprint density at radius 2 is 1.82 bits per heavy atom. The normalized spacial score (nSPS) is 12.5. The van der Waals surface area contributed by atoms with Crippen molar-refractivity contribution in [1.82, 2.24) is 15.5 Å². The van der Waals surface area contributed by atoms with E-state index in [-0.39, 0.29) is 28.9 Å². The highest BCUT2D eigenvalue weighted by Crippen LogP contribution is 2.29. The maximum atomic E-state index is 13.3. The summed E-state index contributed by atoms with van der Waals surface area (Å²) in [6, 6.07) is 17.7. The molecule has 8 heteroatoms. The molecular weight excluding hydrogens is 457 g/mol. The Morgan fingerprint density at radius 1 is 1.09 bits per heavy atom. The number of nitrogens with one attached hydrogen (secondary N) is 1. The summed E-state index contributed by atoms with van der Waals surface area (Å²) in [6.07, 6.45) is 0. The standard InChI is InChI=1S/C25H24FN3O2S2/c1-25(2,3)18-10-6-17(7-11-18)23-28-29-24(31-23)33-15-21(30)27-22(20-5-4-14-32-20)16-8-12-19(26)13-9-16/h4-14,22H,15H2,1-3H3,(H,27,30). The van der Waals surface area contributed by atoms with E-state index in [1.54, 1.807) is 12.1 Å². The Bertz CT molecular complexity index is 1200. The van der Waals surface area contributed by atoms with Gasteiger partial charge in [0, 0.05) is 10.4 Å². The van der Waals surface area contributed by atoms with E-state index in [1.165, 1.54) is 40.8 Å². The SMILES string of the molecule is CC(C)(C)c1ccc(-c2nnc(SCC(=O)NC(c3ccc(F)cc3)c3cccs3)o2)cc1. The molecule has 2 aromatic carbocycles. The van der Waals surface area contributed by atoms with Crippen LogP contribution >= 0.6 is 23.1 Å².